The van der Waals surface area contributed by atoms with Crippen LogP contribution in [0.15, 0.2) is 29.3 Å². The zero-order chi connectivity index (χ0) is 14.4. The first-order valence-corrected chi connectivity index (χ1v) is 8.33. The molecule has 4 rings (SSSR count). The maximum atomic E-state index is 5.99. The summed E-state index contributed by atoms with van der Waals surface area (Å²) in [6.07, 6.45) is 11.8. The Morgan fingerprint density at radius 1 is 1.05 bits per heavy atom. The summed E-state index contributed by atoms with van der Waals surface area (Å²) in [4.78, 5) is 11.3. The third kappa shape index (κ3) is 2.44. The smallest absolute Gasteiger partial charge is 0.225 e. The van der Waals surface area contributed by atoms with Crippen molar-refractivity contribution >= 4 is 33.5 Å². The van der Waals surface area contributed by atoms with E-state index in [4.69, 9.17) is 11.6 Å². The van der Waals surface area contributed by atoms with Crippen LogP contribution in [0.2, 0.25) is 5.02 Å². The second-order valence-electron chi connectivity index (χ2n) is 5.76. The van der Waals surface area contributed by atoms with Gasteiger partial charge in [0.2, 0.25) is 5.95 Å². The van der Waals surface area contributed by atoms with E-state index < -0.39 is 0 Å². The van der Waals surface area contributed by atoms with E-state index in [-0.39, 0.29) is 0 Å². The average Bonchev–Trinajstić information content (AvgIpc) is 3.02. The third-order valence-electron chi connectivity index (χ3n) is 4.49. The van der Waals surface area contributed by atoms with Crippen LogP contribution in [-0.2, 0) is 0 Å². The molecule has 0 N–H and O–H groups in total. The van der Waals surface area contributed by atoms with Crippen LogP contribution in [0.1, 0.15) is 31.7 Å². The minimum atomic E-state index is 0.432. The van der Waals surface area contributed by atoms with Gasteiger partial charge in [-0.1, -0.05) is 11.6 Å². The van der Waals surface area contributed by atoms with Gasteiger partial charge in [-0.2, -0.15) is 5.10 Å². The van der Waals surface area contributed by atoms with Crippen LogP contribution < -0.4 is 4.90 Å². The Balaban J connectivity index is 1.57. The summed E-state index contributed by atoms with van der Waals surface area (Å²) in [6, 6.07) is 1.43. The quantitative estimate of drug-likeness (QED) is 0.814. The molecule has 2 aliphatic rings. The lowest BCUT2D eigenvalue weighted by molar-refractivity contribution is 0.312. The Labute approximate surface area is 136 Å². The first-order valence-electron chi connectivity index (χ1n) is 7.16. The molecule has 5 nitrogen and oxygen atoms in total. The summed E-state index contributed by atoms with van der Waals surface area (Å²) in [5.74, 6) is 0.850. The molecular weight excluding hydrogens is 354 g/mol. The van der Waals surface area contributed by atoms with E-state index in [1.54, 1.807) is 6.20 Å². The standard InChI is InChI=1S/C14H15BrClN5/c15-9-5-17-14(18-6-9)21-11-1-2-12(21)4-13(3-11)20-8-10(16)7-19-20/h5-8,11-13H,1-4H2. The molecule has 0 saturated carbocycles. The fraction of sp³-hybridized carbons (Fsp3) is 0.500. The molecule has 2 bridgehead atoms. The molecule has 0 radical (unpaired) electrons. The minimum absolute atomic E-state index is 0.432. The maximum absolute atomic E-state index is 5.99. The third-order valence-corrected chi connectivity index (χ3v) is 5.09. The zero-order valence-electron chi connectivity index (χ0n) is 11.4. The van der Waals surface area contributed by atoms with Crippen LogP contribution in [0.25, 0.3) is 0 Å². The average molecular weight is 369 g/mol. The second-order valence-corrected chi connectivity index (χ2v) is 7.11. The molecule has 21 heavy (non-hydrogen) atoms. The molecule has 0 spiro atoms. The molecule has 2 aliphatic heterocycles. The number of rotatable bonds is 2. The highest BCUT2D eigenvalue weighted by Gasteiger charge is 2.42. The zero-order valence-corrected chi connectivity index (χ0v) is 13.7. The number of anilines is 1. The number of halogens is 2. The lowest BCUT2D eigenvalue weighted by Gasteiger charge is -2.38. The van der Waals surface area contributed by atoms with E-state index in [2.05, 4.69) is 35.9 Å². The van der Waals surface area contributed by atoms with Crippen molar-refractivity contribution in [1.82, 2.24) is 19.7 Å². The molecular formula is C14H15BrClN5. The fourth-order valence-electron chi connectivity index (χ4n) is 3.64. The molecule has 4 heterocycles. The maximum Gasteiger partial charge on any atom is 0.225 e. The summed E-state index contributed by atoms with van der Waals surface area (Å²) in [7, 11) is 0. The van der Waals surface area contributed by atoms with Gasteiger partial charge in [0.25, 0.3) is 0 Å². The van der Waals surface area contributed by atoms with Crippen molar-refractivity contribution < 1.29 is 0 Å². The Kier molecular flexibility index (Phi) is 3.38. The first-order chi connectivity index (χ1) is 10.2. The number of nitrogens with zero attached hydrogens (tertiary/aromatic N) is 5. The van der Waals surface area contributed by atoms with Gasteiger partial charge < -0.3 is 4.90 Å². The summed E-state index contributed by atoms with van der Waals surface area (Å²) >= 11 is 9.38. The van der Waals surface area contributed by atoms with Crippen LogP contribution in [-0.4, -0.2) is 31.8 Å². The van der Waals surface area contributed by atoms with Crippen LogP contribution in [0.3, 0.4) is 0 Å². The largest absolute Gasteiger partial charge is 0.335 e. The second kappa shape index (κ2) is 5.25. The van der Waals surface area contributed by atoms with Crippen LogP contribution in [0.5, 0.6) is 0 Å². The molecule has 2 aromatic heterocycles. The normalized spacial score (nSPS) is 28.1. The van der Waals surface area contributed by atoms with Crippen molar-refractivity contribution in [3.8, 4) is 0 Å². The van der Waals surface area contributed by atoms with Gasteiger partial charge in [0.05, 0.1) is 21.7 Å². The fourth-order valence-corrected chi connectivity index (χ4v) is 3.99. The number of hydrogen-bond acceptors (Lipinski definition) is 4. The van der Waals surface area contributed by atoms with E-state index in [0.29, 0.717) is 23.1 Å². The van der Waals surface area contributed by atoms with E-state index in [1.165, 1.54) is 12.8 Å². The summed E-state index contributed by atoms with van der Waals surface area (Å²) in [5, 5.41) is 5.08. The van der Waals surface area contributed by atoms with E-state index in [1.807, 2.05) is 23.3 Å². The van der Waals surface area contributed by atoms with Crippen molar-refractivity contribution in [3.63, 3.8) is 0 Å². The Hall–Kier alpha value is -1.14. The highest BCUT2D eigenvalue weighted by Crippen LogP contribution is 2.42. The summed E-state index contributed by atoms with van der Waals surface area (Å²) in [5.41, 5.74) is 0. The van der Waals surface area contributed by atoms with Gasteiger partial charge in [-0.05, 0) is 41.6 Å². The highest BCUT2D eigenvalue weighted by atomic mass is 79.9. The SMILES string of the molecule is Clc1cnn(C2CC3CCC(C2)N3c2ncc(Br)cn2)c1. The van der Waals surface area contributed by atoms with E-state index in [9.17, 15) is 0 Å². The summed E-state index contributed by atoms with van der Waals surface area (Å²) < 4.78 is 2.94. The van der Waals surface area contributed by atoms with Crippen LogP contribution in [0.4, 0.5) is 5.95 Å². The topological polar surface area (TPSA) is 46.8 Å². The number of piperidine rings is 1. The molecule has 0 amide bonds. The van der Waals surface area contributed by atoms with Gasteiger partial charge in [0.1, 0.15) is 0 Å². The van der Waals surface area contributed by atoms with Gasteiger partial charge >= 0.3 is 0 Å². The Bertz CT molecular complexity index is 629. The van der Waals surface area contributed by atoms with Crippen molar-refractivity contribution in [3.05, 3.63) is 34.3 Å². The number of aromatic nitrogens is 4. The van der Waals surface area contributed by atoms with E-state index in [0.717, 1.165) is 23.3 Å². The van der Waals surface area contributed by atoms with Crippen molar-refractivity contribution in [2.24, 2.45) is 0 Å². The monoisotopic (exact) mass is 367 g/mol. The van der Waals surface area contributed by atoms with Crippen molar-refractivity contribution in [1.29, 1.82) is 0 Å². The molecule has 2 aromatic rings. The van der Waals surface area contributed by atoms with Crippen molar-refractivity contribution in [2.45, 2.75) is 43.8 Å². The first kappa shape index (κ1) is 13.5. The lowest BCUT2D eigenvalue weighted by atomic mass is 9.98. The van der Waals surface area contributed by atoms with Gasteiger partial charge in [0.15, 0.2) is 0 Å². The minimum Gasteiger partial charge on any atom is -0.335 e. The molecule has 7 heteroatoms. The summed E-state index contributed by atoms with van der Waals surface area (Å²) in [6.45, 7) is 0. The Morgan fingerprint density at radius 3 is 2.29 bits per heavy atom. The molecule has 2 unspecified atom stereocenters. The molecule has 2 fully saturated rings. The van der Waals surface area contributed by atoms with Crippen molar-refractivity contribution in [2.75, 3.05) is 4.90 Å². The van der Waals surface area contributed by atoms with Crippen LogP contribution in [0, 0.1) is 0 Å². The van der Waals surface area contributed by atoms with Gasteiger partial charge in [-0.15, -0.1) is 0 Å². The van der Waals surface area contributed by atoms with Gasteiger partial charge in [-0.3, -0.25) is 4.68 Å². The highest BCUT2D eigenvalue weighted by molar-refractivity contribution is 9.10. The van der Waals surface area contributed by atoms with Gasteiger partial charge in [-0.25, -0.2) is 9.97 Å². The molecule has 0 aliphatic carbocycles. The van der Waals surface area contributed by atoms with E-state index >= 15 is 0 Å². The number of fused-ring (bicyclic) bond motifs is 2. The lowest BCUT2D eigenvalue weighted by Crippen LogP contribution is -2.44. The predicted octanol–water partition coefficient (Wildman–Crippen LogP) is 3.46. The molecule has 2 atom stereocenters. The Morgan fingerprint density at radius 2 is 1.71 bits per heavy atom. The van der Waals surface area contributed by atoms with Crippen LogP contribution >= 0.6 is 27.5 Å². The number of hydrogen-bond donors (Lipinski definition) is 0. The predicted molar refractivity (Wildman–Crippen MR) is 84.5 cm³/mol. The molecule has 2 saturated heterocycles. The van der Waals surface area contributed by atoms with Gasteiger partial charge in [0, 0.05) is 30.7 Å². The molecule has 110 valence electrons. The molecule has 0 aromatic carbocycles.